The normalized spacial score (nSPS) is 10.2. The van der Waals surface area contributed by atoms with E-state index in [2.05, 4.69) is 6.92 Å². The molecule has 3 heteroatoms. The van der Waals surface area contributed by atoms with Crippen LogP contribution in [0.3, 0.4) is 0 Å². The van der Waals surface area contributed by atoms with Crippen molar-refractivity contribution in [1.82, 2.24) is 0 Å². The molecule has 0 fully saturated rings. The Labute approximate surface area is 96.1 Å². The minimum absolute atomic E-state index is 0.0408. The van der Waals surface area contributed by atoms with Gasteiger partial charge in [0.05, 0.1) is 0 Å². The van der Waals surface area contributed by atoms with Crippen LogP contribution in [0.5, 0.6) is 0 Å². The number of anilines is 1. The van der Waals surface area contributed by atoms with Gasteiger partial charge < -0.3 is 4.90 Å². The number of unbranched alkanes of at least 4 members (excludes halogenated alkanes) is 1. The van der Waals surface area contributed by atoms with Crippen molar-refractivity contribution in [3.05, 3.63) is 30.1 Å². The van der Waals surface area contributed by atoms with Crippen molar-refractivity contribution in [2.45, 2.75) is 33.1 Å². The van der Waals surface area contributed by atoms with Crippen molar-refractivity contribution in [3.63, 3.8) is 0 Å². The lowest BCUT2D eigenvalue weighted by Crippen LogP contribution is -2.31. The molecule has 0 bridgehead atoms. The van der Waals surface area contributed by atoms with Crippen LogP contribution in [0.2, 0.25) is 0 Å². The molecule has 0 saturated carbocycles. The number of benzene rings is 1. The standard InChI is InChI=1S/C13H18FNO/c1-3-5-9-15(13(16)4-2)12-8-6-7-11(14)10-12/h6-8,10H,3-5,9H2,1-2H3. The second kappa shape index (κ2) is 6.26. The minimum atomic E-state index is -0.303. The van der Waals surface area contributed by atoms with Gasteiger partial charge in [0.1, 0.15) is 5.82 Å². The highest BCUT2D eigenvalue weighted by Crippen LogP contribution is 2.17. The van der Waals surface area contributed by atoms with E-state index in [9.17, 15) is 9.18 Å². The number of hydrogen-bond donors (Lipinski definition) is 0. The van der Waals surface area contributed by atoms with Gasteiger partial charge in [-0.05, 0) is 24.6 Å². The maximum atomic E-state index is 13.1. The van der Waals surface area contributed by atoms with E-state index in [1.54, 1.807) is 17.0 Å². The van der Waals surface area contributed by atoms with Gasteiger partial charge in [-0.3, -0.25) is 4.79 Å². The van der Waals surface area contributed by atoms with E-state index in [0.717, 1.165) is 12.8 Å². The van der Waals surface area contributed by atoms with Crippen LogP contribution in [-0.4, -0.2) is 12.5 Å². The molecular formula is C13H18FNO. The second-order valence-corrected chi connectivity index (χ2v) is 3.73. The molecule has 0 aliphatic heterocycles. The van der Waals surface area contributed by atoms with Gasteiger partial charge in [-0.15, -0.1) is 0 Å². The Bertz CT molecular complexity index is 352. The molecule has 1 rings (SSSR count). The highest BCUT2D eigenvalue weighted by Gasteiger charge is 2.13. The van der Waals surface area contributed by atoms with Gasteiger partial charge in [-0.25, -0.2) is 4.39 Å². The van der Waals surface area contributed by atoms with Crippen molar-refractivity contribution in [2.24, 2.45) is 0 Å². The van der Waals surface area contributed by atoms with Crippen molar-refractivity contribution in [1.29, 1.82) is 0 Å². The van der Waals surface area contributed by atoms with E-state index in [-0.39, 0.29) is 11.7 Å². The first-order chi connectivity index (χ1) is 7.69. The first kappa shape index (κ1) is 12.7. The molecular weight excluding hydrogens is 205 g/mol. The number of rotatable bonds is 5. The fraction of sp³-hybridized carbons (Fsp3) is 0.462. The first-order valence-electron chi connectivity index (χ1n) is 5.75. The summed E-state index contributed by atoms with van der Waals surface area (Å²) in [4.78, 5) is 13.4. The maximum absolute atomic E-state index is 13.1. The van der Waals surface area contributed by atoms with Crippen molar-refractivity contribution < 1.29 is 9.18 Å². The van der Waals surface area contributed by atoms with E-state index in [4.69, 9.17) is 0 Å². The summed E-state index contributed by atoms with van der Waals surface area (Å²) in [7, 11) is 0. The predicted octanol–water partition coefficient (Wildman–Crippen LogP) is 3.37. The predicted molar refractivity (Wildman–Crippen MR) is 64.0 cm³/mol. The molecule has 0 N–H and O–H groups in total. The third-order valence-electron chi connectivity index (χ3n) is 2.46. The zero-order valence-electron chi connectivity index (χ0n) is 9.87. The zero-order valence-corrected chi connectivity index (χ0v) is 9.87. The molecule has 0 aliphatic carbocycles. The molecule has 1 amide bonds. The van der Waals surface area contributed by atoms with Gasteiger partial charge in [-0.2, -0.15) is 0 Å². The summed E-state index contributed by atoms with van der Waals surface area (Å²) in [6.45, 7) is 4.55. The Kier molecular flexibility index (Phi) is 4.96. The number of halogens is 1. The first-order valence-corrected chi connectivity index (χ1v) is 5.75. The topological polar surface area (TPSA) is 20.3 Å². The van der Waals surface area contributed by atoms with Gasteiger partial charge in [-0.1, -0.05) is 26.3 Å². The lowest BCUT2D eigenvalue weighted by Gasteiger charge is -2.22. The summed E-state index contributed by atoms with van der Waals surface area (Å²) in [5.74, 6) is -0.262. The summed E-state index contributed by atoms with van der Waals surface area (Å²) < 4.78 is 13.1. The van der Waals surface area contributed by atoms with Crippen LogP contribution >= 0.6 is 0 Å². The summed E-state index contributed by atoms with van der Waals surface area (Å²) in [6, 6.07) is 6.19. The van der Waals surface area contributed by atoms with Crippen LogP contribution in [0.25, 0.3) is 0 Å². The average molecular weight is 223 g/mol. The van der Waals surface area contributed by atoms with Gasteiger partial charge in [0.2, 0.25) is 5.91 Å². The third kappa shape index (κ3) is 3.33. The minimum Gasteiger partial charge on any atom is -0.312 e. The van der Waals surface area contributed by atoms with Crippen LogP contribution < -0.4 is 4.90 Å². The summed E-state index contributed by atoms with van der Waals surface area (Å²) >= 11 is 0. The van der Waals surface area contributed by atoms with E-state index >= 15 is 0 Å². The highest BCUT2D eigenvalue weighted by atomic mass is 19.1. The molecule has 0 heterocycles. The molecule has 16 heavy (non-hydrogen) atoms. The quantitative estimate of drug-likeness (QED) is 0.749. The Balaban J connectivity index is 2.87. The zero-order chi connectivity index (χ0) is 12.0. The molecule has 0 aliphatic rings. The molecule has 1 aromatic rings. The van der Waals surface area contributed by atoms with Gasteiger partial charge in [0.25, 0.3) is 0 Å². The number of amides is 1. The lowest BCUT2D eigenvalue weighted by molar-refractivity contribution is -0.118. The number of carbonyl (C=O) groups excluding carboxylic acids is 1. The van der Waals surface area contributed by atoms with Gasteiger partial charge in [0.15, 0.2) is 0 Å². The van der Waals surface area contributed by atoms with Crippen LogP contribution in [-0.2, 0) is 4.79 Å². The second-order valence-electron chi connectivity index (χ2n) is 3.73. The number of carbonyl (C=O) groups is 1. The molecule has 0 saturated heterocycles. The fourth-order valence-corrected chi connectivity index (χ4v) is 1.55. The molecule has 2 nitrogen and oxygen atoms in total. The monoisotopic (exact) mass is 223 g/mol. The van der Waals surface area contributed by atoms with E-state index in [1.807, 2.05) is 6.92 Å². The molecule has 0 radical (unpaired) electrons. The summed E-state index contributed by atoms with van der Waals surface area (Å²) in [5, 5.41) is 0. The van der Waals surface area contributed by atoms with Crippen LogP contribution in [0, 0.1) is 5.82 Å². The maximum Gasteiger partial charge on any atom is 0.226 e. The molecule has 1 aromatic carbocycles. The molecule has 88 valence electrons. The largest absolute Gasteiger partial charge is 0.312 e. The Morgan fingerprint density at radius 1 is 1.38 bits per heavy atom. The fourth-order valence-electron chi connectivity index (χ4n) is 1.55. The van der Waals surface area contributed by atoms with Crippen LogP contribution in [0.4, 0.5) is 10.1 Å². The SMILES string of the molecule is CCCCN(C(=O)CC)c1cccc(F)c1. The Morgan fingerprint density at radius 2 is 2.12 bits per heavy atom. The summed E-state index contributed by atoms with van der Waals surface area (Å²) in [6.07, 6.45) is 2.39. The molecule has 0 atom stereocenters. The smallest absolute Gasteiger partial charge is 0.226 e. The highest BCUT2D eigenvalue weighted by molar-refractivity contribution is 5.93. The molecule has 0 spiro atoms. The van der Waals surface area contributed by atoms with Crippen molar-refractivity contribution in [2.75, 3.05) is 11.4 Å². The Hall–Kier alpha value is -1.38. The van der Waals surface area contributed by atoms with E-state index in [0.29, 0.717) is 18.7 Å². The lowest BCUT2D eigenvalue weighted by atomic mass is 10.2. The average Bonchev–Trinajstić information content (AvgIpc) is 2.29. The molecule has 0 unspecified atom stereocenters. The van der Waals surface area contributed by atoms with Crippen molar-refractivity contribution in [3.8, 4) is 0 Å². The van der Waals surface area contributed by atoms with Crippen molar-refractivity contribution >= 4 is 11.6 Å². The van der Waals surface area contributed by atoms with Crippen LogP contribution in [0.1, 0.15) is 33.1 Å². The van der Waals surface area contributed by atoms with E-state index in [1.165, 1.54) is 12.1 Å². The van der Waals surface area contributed by atoms with E-state index < -0.39 is 0 Å². The third-order valence-corrected chi connectivity index (χ3v) is 2.46. The van der Waals surface area contributed by atoms with Gasteiger partial charge >= 0.3 is 0 Å². The van der Waals surface area contributed by atoms with Gasteiger partial charge in [0, 0.05) is 18.7 Å². The van der Waals surface area contributed by atoms with Crippen LogP contribution in [0.15, 0.2) is 24.3 Å². The Morgan fingerprint density at radius 3 is 2.69 bits per heavy atom. The number of nitrogens with zero attached hydrogens (tertiary/aromatic N) is 1. The number of hydrogen-bond acceptors (Lipinski definition) is 1. The molecule has 0 aromatic heterocycles. The summed E-state index contributed by atoms with van der Waals surface area (Å²) in [5.41, 5.74) is 0.653.